The Hall–Kier alpha value is -2.80. The summed E-state index contributed by atoms with van der Waals surface area (Å²) in [5.41, 5.74) is 2.79. The summed E-state index contributed by atoms with van der Waals surface area (Å²) in [5, 5.41) is 3.02. The third-order valence-electron chi connectivity index (χ3n) is 3.69. The van der Waals surface area contributed by atoms with Gasteiger partial charge in [0.2, 0.25) is 5.13 Å². The van der Waals surface area contributed by atoms with Crippen molar-refractivity contribution in [2.75, 3.05) is 11.9 Å². The van der Waals surface area contributed by atoms with Crippen LogP contribution < -0.4 is 10.1 Å². The van der Waals surface area contributed by atoms with Gasteiger partial charge in [0.25, 0.3) is 5.91 Å². The van der Waals surface area contributed by atoms with Gasteiger partial charge in [-0.1, -0.05) is 12.1 Å². The van der Waals surface area contributed by atoms with Crippen molar-refractivity contribution >= 4 is 22.6 Å². The van der Waals surface area contributed by atoms with Crippen LogP contribution in [0, 0.1) is 19.7 Å². The minimum Gasteiger partial charge on any atom is -0.483 e. The maximum Gasteiger partial charge on any atom is 0.264 e. The predicted molar refractivity (Wildman–Crippen MR) is 95.3 cm³/mol. The molecule has 3 aromatic rings. The van der Waals surface area contributed by atoms with E-state index in [0.29, 0.717) is 22.3 Å². The fourth-order valence-corrected chi connectivity index (χ4v) is 2.78. The molecule has 3 rings (SSSR count). The van der Waals surface area contributed by atoms with E-state index in [4.69, 9.17) is 4.74 Å². The van der Waals surface area contributed by atoms with Gasteiger partial charge in [0.15, 0.2) is 12.4 Å². The Morgan fingerprint density at radius 1 is 1.20 bits per heavy atom. The zero-order chi connectivity index (χ0) is 17.8. The van der Waals surface area contributed by atoms with Gasteiger partial charge >= 0.3 is 0 Å². The Kier molecular flexibility index (Phi) is 5.04. The summed E-state index contributed by atoms with van der Waals surface area (Å²) in [5.74, 6) is 0.481. The molecule has 0 fully saturated rings. The second-order valence-electron chi connectivity index (χ2n) is 5.46. The van der Waals surface area contributed by atoms with Gasteiger partial charge in [-0.2, -0.15) is 9.36 Å². The molecule has 1 aromatic heterocycles. The van der Waals surface area contributed by atoms with E-state index >= 15 is 0 Å². The number of benzene rings is 2. The lowest BCUT2D eigenvalue weighted by atomic mass is 10.1. The van der Waals surface area contributed by atoms with Crippen LogP contribution in [-0.4, -0.2) is 21.9 Å². The highest BCUT2D eigenvalue weighted by Gasteiger charge is 2.11. The average molecular weight is 357 g/mol. The van der Waals surface area contributed by atoms with Crippen molar-refractivity contribution in [3.05, 3.63) is 59.4 Å². The molecule has 0 atom stereocenters. The normalized spacial score (nSPS) is 10.5. The van der Waals surface area contributed by atoms with Crippen LogP contribution >= 0.6 is 11.5 Å². The molecule has 128 valence electrons. The van der Waals surface area contributed by atoms with E-state index in [1.165, 1.54) is 12.1 Å². The summed E-state index contributed by atoms with van der Waals surface area (Å²) in [7, 11) is 0. The van der Waals surface area contributed by atoms with E-state index in [9.17, 15) is 9.18 Å². The standard InChI is InChI=1S/C18H16FN3O2S/c1-11-4-3-5-15(12(11)2)24-10-16(23)20-18-21-17(22-25-18)13-6-8-14(19)9-7-13/h3-9H,10H2,1-2H3,(H,20,21,22,23). The van der Waals surface area contributed by atoms with E-state index in [-0.39, 0.29) is 18.3 Å². The molecule has 0 saturated carbocycles. The van der Waals surface area contributed by atoms with Crippen LogP contribution in [0.5, 0.6) is 5.75 Å². The minimum absolute atomic E-state index is 0.115. The Labute approximate surface area is 148 Å². The van der Waals surface area contributed by atoms with Crippen LogP contribution in [0.2, 0.25) is 0 Å². The monoisotopic (exact) mass is 357 g/mol. The lowest BCUT2D eigenvalue weighted by molar-refractivity contribution is -0.118. The lowest BCUT2D eigenvalue weighted by Gasteiger charge is -2.10. The molecule has 0 bridgehead atoms. The van der Waals surface area contributed by atoms with Gasteiger partial charge in [-0.15, -0.1) is 0 Å². The first kappa shape index (κ1) is 17.0. The number of ether oxygens (including phenoxy) is 1. The van der Waals surface area contributed by atoms with Gasteiger partial charge in [0, 0.05) is 17.1 Å². The van der Waals surface area contributed by atoms with E-state index in [1.807, 2.05) is 32.0 Å². The number of aromatic nitrogens is 2. The number of halogens is 1. The molecule has 0 spiro atoms. The quantitative estimate of drug-likeness (QED) is 0.750. The van der Waals surface area contributed by atoms with Gasteiger partial charge < -0.3 is 4.74 Å². The highest BCUT2D eigenvalue weighted by molar-refractivity contribution is 7.10. The number of rotatable bonds is 5. The maximum atomic E-state index is 12.9. The van der Waals surface area contributed by atoms with E-state index < -0.39 is 0 Å². The van der Waals surface area contributed by atoms with Crippen molar-refractivity contribution in [3.63, 3.8) is 0 Å². The van der Waals surface area contributed by atoms with Crippen molar-refractivity contribution in [1.29, 1.82) is 0 Å². The first-order valence-electron chi connectivity index (χ1n) is 7.61. The average Bonchev–Trinajstić information content (AvgIpc) is 3.05. The maximum absolute atomic E-state index is 12.9. The number of nitrogens with one attached hydrogen (secondary N) is 1. The minimum atomic E-state index is -0.323. The number of hydrogen-bond donors (Lipinski definition) is 1. The molecular weight excluding hydrogens is 341 g/mol. The zero-order valence-corrected chi connectivity index (χ0v) is 14.6. The van der Waals surface area contributed by atoms with Crippen LogP contribution in [0.25, 0.3) is 11.4 Å². The summed E-state index contributed by atoms with van der Waals surface area (Å²) < 4.78 is 22.7. The number of nitrogens with zero attached hydrogens (tertiary/aromatic N) is 2. The zero-order valence-electron chi connectivity index (χ0n) is 13.7. The molecular formula is C18H16FN3O2S. The third kappa shape index (κ3) is 4.19. The number of carbonyl (C=O) groups is 1. The van der Waals surface area contributed by atoms with Crippen LogP contribution in [0.3, 0.4) is 0 Å². The van der Waals surface area contributed by atoms with E-state index in [1.54, 1.807) is 12.1 Å². The molecule has 0 saturated heterocycles. The van der Waals surface area contributed by atoms with Gasteiger partial charge in [0.1, 0.15) is 11.6 Å². The second kappa shape index (κ2) is 7.40. The van der Waals surface area contributed by atoms with E-state index in [2.05, 4.69) is 14.7 Å². The predicted octanol–water partition coefficient (Wildman–Crippen LogP) is 3.98. The summed E-state index contributed by atoms with van der Waals surface area (Å²) in [6, 6.07) is 11.6. The molecule has 2 aromatic carbocycles. The van der Waals surface area contributed by atoms with Gasteiger partial charge in [0.05, 0.1) is 0 Å². The van der Waals surface area contributed by atoms with Crippen molar-refractivity contribution < 1.29 is 13.9 Å². The molecule has 5 nitrogen and oxygen atoms in total. The molecule has 1 heterocycles. The Morgan fingerprint density at radius 3 is 2.72 bits per heavy atom. The van der Waals surface area contributed by atoms with Gasteiger partial charge in [-0.25, -0.2) is 4.39 Å². The topological polar surface area (TPSA) is 64.1 Å². The van der Waals surface area contributed by atoms with Crippen LogP contribution in [0.15, 0.2) is 42.5 Å². The summed E-state index contributed by atoms with van der Waals surface area (Å²) >= 11 is 1.06. The first-order valence-corrected chi connectivity index (χ1v) is 8.39. The number of anilines is 1. The van der Waals surface area contributed by atoms with Gasteiger partial charge in [-0.3, -0.25) is 10.1 Å². The van der Waals surface area contributed by atoms with Crippen molar-refractivity contribution in [2.45, 2.75) is 13.8 Å². The number of carbonyl (C=O) groups excluding carboxylic acids is 1. The largest absolute Gasteiger partial charge is 0.483 e. The summed E-state index contributed by atoms with van der Waals surface area (Å²) in [6.45, 7) is 3.82. The SMILES string of the molecule is Cc1cccc(OCC(=O)Nc2nc(-c3ccc(F)cc3)ns2)c1C. The first-order chi connectivity index (χ1) is 12.0. The smallest absolute Gasteiger partial charge is 0.264 e. The Balaban J connectivity index is 1.60. The Morgan fingerprint density at radius 2 is 1.96 bits per heavy atom. The molecule has 25 heavy (non-hydrogen) atoms. The fraction of sp³-hybridized carbons (Fsp3) is 0.167. The van der Waals surface area contributed by atoms with Crippen molar-refractivity contribution in [3.8, 4) is 17.1 Å². The van der Waals surface area contributed by atoms with Crippen LogP contribution in [-0.2, 0) is 4.79 Å². The summed E-state index contributed by atoms with van der Waals surface area (Å²) in [6.07, 6.45) is 0. The molecule has 0 radical (unpaired) electrons. The molecule has 0 aliphatic rings. The molecule has 1 N–H and O–H groups in total. The molecule has 1 amide bonds. The lowest BCUT2D eigenvalue weighted by Crippen LogP contribution is -2.20. The van der Waals surface area contributed by atoms with Gasteiger partial charge in [-0.05, 0) is 55.3 Å². The second-order valence-corrected chi connectivity index (χ2v) is 6.22. The highest BCUT2D eigenvalue weighted by Crippen LogP contribution is 2.22. The molecule has 0 unspecified atom stereocenters. The summed E-state index contributed by atoms with van der Waals surface area (Å²) in [4.78, 5) is 16.3. The highest BCUT2D eigenvalue weighted by atomic mass is 32.1. The number of hydrogen-bond acceptors (Lipinski definition) is 5. The van der Waals surface area contributed by atoms with Crippen LogP contribution in [0.1, 0.15) is 11.1 Å². The van der Waals surface area contributed by atoms with Crippen molar-refractivity contribution in [2.24, 2.45) is 0 Å². The number of amides is 1. The van der Waals surface area contributed by atoms with Crippen molar-refractivity contribution in [1.82, 2.24) is 9.36 Å². The molecule has 0 aliphatic carbocycles. The van der Waals surface area contributed by atoms with Crippen LogP contribution in [0.4, 0.5) is 9.52 Å². The molecule has 0 aliphatic heterocycles. The third-order valence-corrected chi connectivity index (χ3v) is 4.32. The Bertz CT molecular complexity index is 894. The fourth-order valence-electron chi connectivity index (χ4n) is 2.17. The number of aryl methyl sites for hydroxylation is 1. The van der Waals surface area contributed by atoms with E-state index in [0.717, 1.165) is 22.7 Å². The molecule has 7 heteroatoms.